The van der Waals surface area contributed by atoms with Gasteiger partial charge in [-0.1, -0.05) is 0 Å². The largest absolute Gasteiger partial charge is 0.423 e. The number of nitrogens with zero attached hydrogens (tertiary/aromatic N) is 5. The Bertz CT molecular complexity index is 1440. The van der Waals surface area contributed by atoms with Crippen LogP contribution in [0.5, 0.6) is 0 Å². The summed E-state index contributed by atoms with van der Waals surface area (Å²) >= 11 is 0. The number of carbonyl (C=O) groups excluding carboxylic acids is 1. The zero-order chi connectivity index (χ0) is 24.4. The van der Waals surface area contributed by atoms with Gasteiger partial charge in [-0.2, -0.15) is 4.31 Å². The summed E-state index contributed by atoms with van der Waals surface area (Å²) in [5, 5.41) is 10.4. The minimum atomic E-state index is -3.61. The van der Waals surface area contributed by atoms with Crippen molar-refractivity contribution in [3.63, 3.8) is 0 Å². The first kappa shape index (κ1) is 23.1. The maximum absolute atomic E-state index is 13.0. The van der Waals surface area contributed by atoms with Crippen molar-refractivity contribution in [1.29, 1.82) is 0 Å². The van der Waals surface area contributed by atoms with E-state index in [0.29, 0.717) is 55.6 Å². The van der Waals surface area contributed by atoms with Gasteiger partial charge in [0.15, 0.2) is 0 Å². The van der Waals surface area contributed by atoms with Crippen LogP contribution in [0.2, 0.25) is 0 Å². The van der Waals surface area contributed by atoms with E-state index in [9.17, 15) is 13.2 Å². The number of nitrogens with one attached hydrogen (secondary N) is 1. The average Bonchev–Trinajstić information content (AvgIpc) is 3.52. The molecule has 2 aromatic carbocycles. The van der Waals surface area contributed by atoms with Crippen molar-refractivity contribution in [2.75, 3.05) is 31.6 Å². The van der Waals surface area contributed by atoms with E-state index in [0.717, 1.165) is 11.1 Å². The molecule has 4 aromatic rings. The molecule has 1 amide bonds. The molecule has 0 spiro atoms. The molecule has 1 aliphatic heterocycles. The van der Waals surface area contributed by atoms with Gasteiger partial charge in [-0.3, -0.25) is 4.79 Å². The summed E-state index contributed by atoms with van der Waals surface area (Å²) in [6, 6.07) is 12.1. The van der Waals surface area contributed by atoms with Crippen LogP contribution in [0.3, 0.4) is 0 Å². The van der Waals surface area contributed by atoms with Crippen LogP contribution in [0, 0.1) is 0 Å². The number of aromatic nitrogens is 4. The fourth-order valence-electron chi connectivity index (χ4n) is 3.99. The molecule has 3 heterocycles. The van der Waals surface area contributed by atoms with Crippen molar-refractivity contribution in [3.05, 3.63) is 54.7 Å². The maximum Gasteiger partial charge on any atom is 0.247 e. The minimum absolute atomic E-state index is 0.154. The van der Waals surface area contributed by atoms with Crippen LogP contribution in [0.1, 0.15) is 12.2 Å². The number of rotatable bonds is 7. The van der Waals surface area contributed by atoms with Crippen LogP contribution in [0.15, 0.2) is 58.2 Å². The number of hydrogen-bond donors (Lipinski definition) is 1. The Labute approximate surface area is 201 Å². The third kappa shape index (κ3) is 4.81. The summed E-state index contributed by atoms with van der Waals surface area (Å²) in [6.45, 7) is 1.45. The molecule has 0 unspecified atom stereocenters. The number of aryl methyl sites for hydroxylation is 2. The van der Waals surface area contributed by atoms with E-state index in [1.54, 1.807) is 42.5 Å². The molecule has 1 aliphatic rings. The van der Waals surface area contributed by atoms with E-state index in [1.807, 2.05) is 11.6 Å². The van der Waals surface area contributed by atoms with Crippen molar-refractivity contribution in [1.82, 2.24) is 24.1 Å². The van der Waals surface area contributed by atoms with E-state index in [4.69, 9.17) is 9.15 Å². The predicted octanol–water partition coefficient (Wildman–Crippen LogP) is 2.22. The van der Waals surface area contributed by atoms with Gasteiger partial charge in [-0.05, 0) is 42.5 Å². The molecule has 35 heavy (non-hydrogen) atoms. The lowest BCUT2D eigenvalue weighted by molar-refractivity contribution is -0.116. The second kappa shape index (κ2) is 9.56. The number of fused-ring (bicyclic) bond motifs is 1. The van der Waals surface area contributed by atoms with Crippen LogP contribution in [-0.2, 0) is 33.0 Å². The number of benzene rings is 2. The van der Waals surface area contributed by atoms with Crippen molar-refractivity contribution >= 4 is 32.7 Å². The average molecular weight is 497 g/mol. The molecule has 0 radical (unpaired) electrons. The molecule has 12 heteroatoms. The Kier molecular flexibility index (Phi) is 6.32. The van der Waals surface area contributed by atoms with Crippen LogP contribution in [-0.4, -0.2) is 64.7 Å². The normalized spacial score (nSPS) is 14.9. The number of hydrogen-bond acceptors (Lipinski definition) is 8. The first-order valence-corrected chi connectivity index (χ1v) is 12.6. The van der Waals surface area contributed by atoms with Crippen molar-refractivity contribution in [2.24, 2.45) is 7.05 Å². The second-order valence-corrected chi connectivity index (χ2v) is 10.1. The number of morpholine rings is 1. The Morgan fingerprint density at radius 2 is 1.89 bits per heavy atom. The highest BCUT2D eigenvalue weighted by Gasteiger charge is 2.27. The molecule has 1 N–H and O–H groups in total. The van der Waals surface area contributed by atoms with Crippen LogP contribution in [0.4, 0.5) is 5.69 Å². The molecule has 11 nitrogen and oxygen atoms in total. The Morgan fingerprint density at radius 3 is 2.60 bits per heavy atom. The van der Waals surface area contributed by atoms with Gasteiger partial charge in [-0.25, -0.2) is 13.4 Å². The van der Waals surface area contributed by atoms with E-state index in [1.165, 1.54) is 10.7 Å². The van der Waals surface area contributed by atoms with E-state index >= 15 is 0 Å². The Morgan fingerprint density at radius 1 is 1.11 bits per heavy atom. The lowest BCUT2D eigenvalue weighted by Crippen LogP contribution is -2.40. The smallest absolute Gasteiger partial charge is 0.247 e. The minimum Gasteiger partial charge on any atom is -0.423 e. The van der Waals surface area contributed by atoms with Gasteiger partial charge in [0.1, 0.15) is 5.82 Å². The number of amides is 1. The first-order chi connectivity index (χ1) is 16.9. The van der Waals surface area contributed by atoms with Gasteiger partial charge in [0, 0.05) is 44.2 Å². The van der Waals surface area contributed by atoms with Gasteiger partial charge in [-0.15, -0.1) is 10.2 Å². The molecule has 0 saturated carbocycles. The number of anilines is 1. The SMILES string of the molecule is Cn1c(CCC(=O)Nc2ccc(-c3nnco3)cc2)nc2cc(S(=O)(=O)N3CCOCC3)ccc21. The van der Waals surface area contributed by atoms with Crippen LogP contribution < -0.4 is 5.32 Å². The van der Waals surface area contributed by atoms with Gasteiger partial charge in [0.2, 0.25) is 28.2 Å². The van der Waals surface area contributed by atoms with Crippen LogP contribution >= 0.6 is 0 Å². The fraction of sp³-hybridized carbons (Fsp3) is 0.304. The highest BCUT2D eigenvalue weighted by atomic mass is 32.2. The molecule has 0 atom stereocenters. The summed E-state index contributed by atoms with van der Waals surface area (Å²) < 4.78 is 39.7. The van der Waals surface area contributed by atoms with Gasteiger partial charge >= 0.3 is 0 Å². The Balaban J connectivity index is 1.25. The zero-order valence-electron chi connectivity index (χ0n) is 19.0. The molecule has 1 saturated heterocycles. The summed E-state index contributed by atoms with van der Waals surface area (Å²) in [7, 11) is -1.75. The number of carbonyl (C=O) groups is 1. The lowest BCUT2D eigenvalue weighted by atomic mass is 10.2. The summed E-state index contributed by atoms with van der Waals surface area (Å²) in [6.07, 6.45) is 1.89. The summed E-state index contributed by atoms with van der Waals surface area (Å²) in [5.41, 5.74) is 2.79. The molecule has 0 aliphatic carbocycles. The zero-order valence-corrected chi connectivity index (χ0v) is 19.9. The molecule has 0 bridgehead atoms. The van der Waals surface area contributed by atoms with Crippen molar-refractivity contribution in [3.8, 4) is 11.5 Å². The molecule has 182 valence electrons. The molecule has 1 fully saturated rings. The number of ether oxygens (including phenoxy) is 1. The number of sulfonamides is 1. The molecular weight excluding hydrogens is 472 g/mol. The van der Waals surface area contributed by atoms with Gasteiger partial charge < -0.3 is 19.0 Å². The fourth-order valence-corrected chi connectivity index (χ4v) is 5.42. The second-order valence-electron chi connectivity index (χ2n) is 8.12. The van der Waals surface area contributed by atoms with E-state index in [2.05, 4.69) is 20.5 Å². The summed E-state index contributed by atoms with van der Waals surface area (Å²) in [4.78, 5) is 17.3. The van der Waals surface area contributed by atoms with Crippen LogP contribution in [0.25, 0.3) is 22.5 Å². The van der Waals surface area contributed by atoms with Crippen molar-refractivity contribution < 1.29 is 22.4 Å². The first-order valence-electron chi connectivity index (χ1n) is 11.1. The topological polar surface area (TPSA) is 132 Å². The van der Waals surface area contributed by atoms with E-state index in [-0.39, 0.29) is 17.2 Å². The molecule has 2 aromatic heterocycles. The Hall–Kier alpha value is -3.61. The lowest BCUT2D eigenvalue weighted by Gasteiger charge is -2.26. The van der Waals surface area contributed by atoms with Gasteiger partial charge in [0.25, 0.3) is 0 Å². The van der Waals surface area contributed by atoms with Gasteiger partial charge in [0.05, 0.1) is 29.1 Å². The number of imidazole rings is 1. The third-order valence-electron chi connectivity index (χ3n) is 5.90. The summed E-state index contributed by atoms with van der Waals surface area (Å²) in [5.74, 6) is 0.951. The van der Waals surface area contributed by atoms with Crippen molar-refractivity contribution in [2.45, 2.75) is 17.7 Å². The molecular formula is C23H24N6O5S. The highest BCUT2D eigenvalue weighted by Crippen LogP contribution is 2.24. The maximum atomic E-state index is 13.0. The third-order valence-corrected chi connectivity index (χ3v) is 7.80. The quantitative estimate of drug-likeness (QED) is 0.412. The monoisotopic (exact) mass is 496 g/mol. The van der Waals surface area contributed by atoms with E-state index < -0.39 is 10.0 Å². The standard InChI is InChI=1S/C23H24N6O5S/c1-28-20-7-6-18(35(31,32)29-10-12-33-13-11-29)14-19(20)26-21(28)8-9-22(30)25-17-4-2-16(3-5-17)23-27-24-15-34-23/h2-7,14-15H,8-13H2,1H3,(H,25,30). The highest BCUT2D eigenvalue weighted by molar-refractivity contribution is 7.89. The predicted molar refractivity (Wildman–Crippen MR) is 127 cm³/mol. The molecule has 5 rings (SSSR count).